The van der Waals surface area contributed by atoms with Crippen molar-refractivity contribution < 1.29 is 0 Å². The summed E-state index contributed by atoms with van der Waals surface area (Å²) in [5.74, 6) is 2.30. The first-order valence-electron chi connectivity index (χ1n) is 8.45. The number of hydrogen-bond acceptors (Lipinski definition) is 4. The first-order chi connectivity index (χ1) is 11.8. The van der Waals surface area contributed by atoms with Gasteiger partial charge in [0.2, 0.25) is 0 Å². The van der Waals surface area contributed by atoms with Crippen LogP contribution in [0.3, 0.4) is 0 Å². The minimum atomic E-state index is 0.483. The first-order valence-corrected chi connectivity index (χ1v) is 8.45. The lowest BCUT2D eigenvalue weighted by Crippen LogP contribution is -2.35. The molecule has 122 valence electrons. The minimum Gasteiger partial charge on any atom is -0.356 e. The van der Waals surface area contributed by atoms with Gasteiger partial charge in [-0.15, -0.1) is 0 Å². The van der Waals surface area contributed by atoms with Crippen molar-refractivity contribution in [3.05, 3.63) is 60.0 Å². The molecule has 1 saturated heterocycles. The Morgan fingerprint density at radius 1 is 1.12 bits per heavy atom. The molecule has 5 heteroatoms. The van der Waals surface area contributed by atoms with Gasteiger partial charge in [-0.05, 0) is 25.8 Å². The van der Waals surface area contributed by atoms with E-state index < -0.39 is 0 Å². The number of aromatic nitrogens is 4. The van der Waals surface area contributed by atoms with E-state index >= 15 is 0 Å². The van der Waals surface area contributed by atoms with Gasteiger partial charge in [-0.2, -0.15) is 5.10 Å². The van der Waals surface area contributed by atoms with Crippen LogP contribution in [0.5, 0.6) is 0 Å². The average molecular weight is 319 g/mol. The summed E-state index contributed by atoms with van der Waals surface area (Å²) in [7, 11) is 0. The van der Waals surface area contributed by atoms with E-state index in [1.807, 2.05) is 31.3 Å². The summed E-state index contributed by atoms with van der Waals surface area (Å²) < 4.78 is 0. The van der Waals surface area contributed by atoms with Crippen molar-refractivity contribution >= 4 is 5.82 Å². The van der Waals surface area contributed by atoms with E-state index in [4.69, 9.17) is 4.98 Å². The summed E-state index contributed by atoms with van der Waals surface area (Å²) in [6, 6.07) is 14.3. The topological polar surface area (TPSA) is 57.7 Å². The van der Waals surface area contributed by atoms with Crippen LogP contribution in [0.15, 0.2) is 48.7 Å². The standard InChI is InChI=1S/C19H21N5/c1-14-12-18(22-19(21-14)15-6-3-2-4-7-15)24-11-5-8-16(13-24)17-9-10-20-23-17/h2-4,6-7,9-10,12,16H,5,8,11,13H2,1H3,(H,20,23). The van der Waals surface area contributed by atoms with E-state index in [2.05, 4.69) is 44.3 Å². The van der Waals surface area contributed by atoms with Crippen LogP contribution >= 0.6 is 0 Å². The van der Waals surface area contributed by atoms with E-state index in [-0.39, 0.29) is 0 Å². The summed E-state index contributed by atoms with van der Waals surface area (Å²) in [5, 5.41) is 7.21. The normalized spacial score (nSPS) is 17.9. The third-order valence-corrected chi connectivity index (χ3v) is 4.58. The van der Waals surface area contributed by atoms with Gasteiger partial charge in [0.25, 0.3) is 0 Å². The zero-order valence-corrected chi connectivity index (χ0v) is 13.8. The van der Waals surface area contributed by atoms with E-state index in [0.29, 0.717) is 5.92 Å². The molecule has 0 radical (unpaired) electrons. The average Bonchev–Trinajstić information content (AvgIpc) is 3.17. The smallest absolute Gasteiger partial charge is 0.161 e. The Labute approximate surface area is 141 Å². The summed E-state index contributed by atoms with van der Waals surface area (Å²) in [6.45, 7) is 4.04. The summed E-state index contributed by atoms with van der Waals surface area (Å²) in [6.07, 6.45) is 4.18. The van der Waals surface area contributed by atoms with Crippen molar-refractivity contribution in [2.45, 2.75) is 25.7 Å². The summed E-state index contributed by atoms with van der Waals surface area (Å²) >= 11 is 0. The number of anilines is 1. The molecule has 24 heavy (non-hydrogen) atoms. The van der Waals surface area contributed by atoms with Gasteiger partial charge in [-0.25, -0.2) is 9.97 Å². The fourth-order valence-corrected chi connectivity index (χ4v) is 3.36. The third-order valence-electron chi connectivity index (χ3n) is 4.58. The maximum atomic E-state index is 4.83. The molecular formula is C19H21N5. The molecule has 0 spiro atoms. The number of nitrogens with one attached hydrogen (secondary N) is 1. The molecule has 3 heterocycles. The van der Waals surface area contributed by atoms with Crippen LogP contribution in [0.25, 0.3) is 11.4 Å². The summed E-state index contributed by atoms with van der Waals surface area (Å²) in [4.78, 5) is 11.8. The molecule has 4 rings (SSSR count). The zero-order valence-electron chi connectivity index (χ0n) is 13.8. The van der Waals surface area contributed by atoms with Crippen molar-refractivity contribution in [2.75, 3.05) is 18.0 Å². The minimum absolute atomic E-state index is 0.483. The Morgan fingerprint density at radius 2 is 2.00 bits per heavy atom. The van der Waals surface area contributed by atoms with Gasteiger partial charge < -0.3 is 4.90 Å². The largest absolute Gasteiger partial charge is 0.356 e. The van der Waals surface area contributed by atoms with Crippen LogP contribution in [0.2, 0.25) is 0 Å². The molecule has 3 aromatic rings. The highest BCUT2D eigenvalue weighted by Gasteiger charge is 2.23. The van der Waals surface area contributed by atoms with Gasteiger partial charge in [0, 0.05) is 48.2 Å². The van der Waals surface area contributed by atoms with Crippen LogP contribution < -0.4 is 4.90 Å². The fraction of sp³-hybridized carbons (Fsp3) is 0.316. The highest BCUT2D eigenvalue weighted by molar-refractivity contribution is 5.58. The molecule has 0 saturated carbocycles. The Kier molecular flexibility index (Phi) is 3.99. The van der Waals surface area contributed by atoms with Crippen LogP contribution in [-0.2, 0) is 0 Å². The third kappa shape index (κ3) is 3.02. The molecule has 0 aliphatic carbocycles. The van der Waals surface area contributed by atoms with Crippen molar-refractivity contribution in [1.29, 1.82) is 0 Å². The maximum absolute atomic E-state index is 4.83. The first kappa shape index (κ1) is 14.9. The highest BCUT2D eigenvalue weighted by atomic mass is 15.2. The lowest BCUT2D eigenvalue weighted by Gasteiger charge is -2.33. The molecule has 1 aromatic carbocycles. The Morgan fingerprint density at radius 3 is 2.79 bits per heavy atom. The molecule has 1 unspecified atom stereocenters. The molecular weight excluding hydrogens is 298 g/mol. The van der Waals surface area contributed by atoms with Gasteiger partial charge in [0.15, 0.2) is 5.82 Å². The SMILES string of the molecule is Cc1cc(N2CCCC(c3ccn[nH]3)C2)nc(-c2ccccc2)n1. The van der Waals surface area contributed by atoms with Gasteiger partial charge in [-0.1, -0.05) is 30.3 Å². The molecule has 0 bridgehead atoms. The Hall–Kier alpha value is -2.69. The number of H-pyrrole nitrogens is 1. The number of aryl methyl sites for hydroxylation is 1. The van der Waals surface area contributed by atoms with Crippen molar-refractivity contribution in [3.63, 3.8) is 0 Å². The molecule has 1 aliphatic heterocycles. The molecule has 5 nitrogen and oxygen atoms in total. The molecule has 2 aromatic heterocycles. The molecule has 1 atom stereocenters. The van der Waals surface area contributed by atoms with Gasteiger partial charge in [0.1, 0.15) is 5.82 Å². The number of aromatic amines is 1. The zero-order chi connectivity index (χ0) is 16.4. The quantitative estimate of drug-likeness (QED) is 0.802. The van der Waals surface area contributed by atoms with Crippen molar-refractivity contribution in [1.82, 2.24) is 20.2 Å². The van der Waals surface area contributed by atoms with Crippen LogP contribution in [0.1, 0.15) is 30.1 Å². The van der Waals surface area contributed by atoms with Crippen molar-refractivity contribution in [2.24, 2.45) is 0 Å². The highest BCUT2D eigenvalue weighted by Crippen LogP contribution is 2.29. The van der Waals surface area contributed by atoms with Gasteiger partial charge in [-0.3, -0.25) is 5.10 Å². The van der Waals surface area contributed by atoms with Crippen LogP contribution in [0, 0.1) is 6.92 Å². The number of hydrogen-bond donors (Lipinski definition) is 1. The lowest BCUT2D eigenvalue weighted by molar-refractivity contribution is 0.498. The fourth-order valence-electron chi connectivity index (χ4n) is 3.36. The molecule has 1 N–H and O–H groups in total. The monoisotopic (exact) mass is 319 g/mol. The van der Waals surface area contributed by atoms with E-state index in [1.165, 1.54) is 12.1 Å². The molecule has 0 amide bonds. The second-order valence-corrected chi connectivity index (χ2v) is 6.35. The molecule has 1 fully saturated rings. The van der Waals surface area contributed by atoms with E-state index in [1.54, 1.807) is 0 Å². The predicted molar refractivity (Wildman–Crippen MR) is 95.0 cm³/mol. The van der Waals surface area contributed by atoms with Crippen LogP contribution in [-0.4, -0.2) is 33.3 Å². The molecule has 1 aliphatic rings. The van der Waals surface area contributed by atoms with Crippen LogP contribution in [0.4, 0.5) is 5.82 Å². The Bertz CT molecular complexity index is 798. The second-order valence-electron chi connectivity index (χ2n) is 6.35. The van der Waals surface area contributed by atoms with Crippen molar-refractivity contribution in [3.8, 4) is 11.4 Å². The van der Waals surface area contributed by atoms with E-state index in [0.717, 1.165) is 42.4 Å². The van der Waals surface area contributed by atoms with Gasteiger partial charge >= 0.3 is 0 Å². The maximum Gasteiger partial charge on any atom is 0.161 e. The Balaban J connectivity index is 1.63. The number of rotatable bonds is 3. The van der Waals surface area contributed by atoms with Gasteiger partial charge in [0.05, 0.1) is 0 Å². The van der Waals surface area contributed by atoms with E-state index in [9.17, 15) is 0 Å². The number of benzene rings is 1. The number of nitrogens with zero attached hydrogens (tertiary/aromatic N) is 4. The summed E-state index contributed by atoms with van der Waals surface area (Å²) in [5.41, 5.74) is 3.28. The number of piperidine rings is 1. The lowest BCUT2D eigenvalue weighted by atomic mass is 9.95. The predicted octanol–water partition coefficient (Wildman–Crippen LogP) is 3.56. The second kappa shape index (κ2) is 6.43.